The number of nitrogens with zero attached hydrogens (tertiary/aromatic N) is 1. The van der Waals surface area contributed by atoms with Crippen LogP contribution in [-0.4, -0.2) is 58.6 Å². The van der Waals surface area contributed by atoms with Crippen molar-refractivity contribution >= 4 is 40.6 Å². The number of amides is 2. The first kappa shape index (κ1) is 23.1. The Labute approximate surface area is 212 Å². The first-order chi connectivity index (χ1) is 16.5. The molecule has 4 atom stereocenters. The van der Waals surface area contributed by atoms with Crippen LogP contribution in [0.2, 0.25) is 0 Å². The molecule has 2 aliphatic heterocycles. The molecule has 34 heavy (non-hydrogen) atoms. The summed E-state index contributed by atoms with van der Waals surface area (Å²) in [6.07, 6.45) is 2.02. The quantitative estimate of drug-likeness (QED) is 0.339. The molecular weight excluding hydrogens is 547 g/mol. The molecule has 0 spiro atoms. The van der Waals surface area contributed by atoms with Crippen LogP contribution >= 0.6 is 22.6 Å². The van der Waals surface area contributed by atoms with Crippen LogP contribution in [0.15, 0.2) is 48.5 Å². The fourth-order valence-electron chi connectivity index (χ4n) is 5.62. The molecule has 0 aromatic heterocycles. The van der Waals surface area contributed by atoms with E-state index in [1.807, 2.05) is 24.3 Å². The predicted molar refractivity (Wildman–Crippen MR) is 135 cm³/mol. The van der Waals surface area contributed by atoms with Gasteiger partial charge < -0.3 is 19.7 Å². The minimum Gasteiger partial charge on any atom is -0.467 e. The summed E-state index contributed by atoms with van der Waals surface area (Å²) < 4.78 is 10.8. The molecule has 2 heterocycles. The number of hydrogen-bond donors (Lipinski definition) is 1. The number of benzene rings is 2. The number of carbonyl (C=O) groups excluding carboxylic acids is 3. The lowest BCUT2D eigenvalue weighted by atomic mass is 9.98. The molecule has 2 amide bonds. The summed E-state index contributed by atoms with van der Waals surface area (Å²) in [7, 11) is 1.34. The zero-order valence-corrected chi connectivity index (χ0v) is 21.1. The van der Waals surface area contributed by atoms with Gasteiger partial charge in [0.2, 0.25) is 5.91 Å². The Kier molecular flexibility index (Phi) is 6.50. The Morgan fingerprint density at radius 1 is 1.00 bits per heavy atom. The van der Waals surface area contributed by atoms with Gasteiger partial charge in [0.25, 0.3) is 0 Å². The molecule has 0 unspecified atom stereocenters. The number of esters is 1. The summed E-state index contributed by atoms with van der Waals surface area (Å²) >= 11 is 2.35. The maximum absolute atomic E-state index is 13.4. The molecule has 0 saturated carbocycles. The number of halogens is 1. The monoisotopic (exact) mass is 574 g/mol. The van der Waals surface area contributed by atoms with E-state index < -0.39 is 24.1 Å². The molecule has 0 bridgehead atoms. The normalized spacial score (nSPS) is 25.7. The molecular formula is C26H27IN2O5. The van der Waals surface area contributed by atoms with E-state index in [9.17, 15) is 14.4 Å². The van der Waals surface area contributed by atoms with Gasteiger partial charge in [0.05, 0.1) is 7.11 Å². The number of nitrogens with one attached hydrogen (secondary N) is 1. The first-order valence-electron chi connectivity index (χ1n) is 11.6. The highest BCUT2D eigenvalue weighted by Crippen LogP contribution is 2.44. The molecule has 2 aromatic rings. The second-order valence-electron chi connectivity index (χ2n) is 9.04. The van der Waals surface area contributed by atoms with Gasteiger partial charge in [-0.05, 0) is 47.9 Å². The average molecular weight is 574 g/mol. The van der Waals surface area contributed by atoms with E-state index in [0.717, 1.165) is 35.1 Å². The van der Waals surface area contributed by atoms with Gasteiger partial charge in [0, 0.05) is 15.9 Å². The third-order valence-electron chi connectivity index (χ3n) is 7.24. The summed E-state index contributed by atoms with van der Waals surface area (Å²) in [5.41, 5.74) is 4.59. The zero-order valence-electron chi connectivity index (χ0n) is 18.9. The Bertz CT molecular complexity index is 1080. The summed E-state index contributed by atoms with van der Waals surface area (Å²) in [6.45, 7) is 0.187. The summed E-state index contributed by atoms with van der Waals surface area (Å²) in [4.78, 5) is 40.1. The molecule has 5 rings (SSSR count). The van der Waals surface area contributed by atoms with Gasteiger partial charge in [-0.3, -0.25) is 4.79 Å². The van der Waals surface area contributed by atoms with Crippen LogP contribution in [0.4, 0.5) is 4.79 Å². The smallest absolute Gasteiger partial charge is 0.407 e. The first-order valence-corrected chi connectivity index (χ1v) is 12.9. The largest absolute Gasteiger partial charge is 0.467 e. The number of hydrogen-bond acceptors (Lipinski definition) is 5. The van der Waals surface area contributed by atoms with Crippen LogP contribution in [0.3, 0.4) is 0 Å². The molecule has 0 radical (unpaired) electrons. The van der Waals surface area contributed by atoms with E-state index in [1.54, 1.807) is 4.90 Å². The van der Waals surface area contributed by atoms with E-state index in [2.05, 4.69) is 52.2 Å². The van der Waals surface area contributed by atoms with Gasteiger partial charge >= 0.3 is 12.1 Å². The standard InChI is InChI=1S/C26H27IN2O5/c1-33-25(31)23-13-12-22-20(27)10-11-21(24(30)29(22)23)28-26(32)34-14-19-17-8-4-2-6-15(17)16-7-3-5-9-18(16)19/h2-9,19-23H,10-14H2,1H3,(H,28,32)/t20-,21+,22+,23+/m1/s1. The second-order valence-corrected chi connectivity index (χ2v) is 10.6. The lowest BCUT2D eigenvalue weighted by Crippen LogP contribution is -2.53. The third-order valence-corrected chi connectivity index (χ3v) is 8.69. The van der Waals surface area contributed by atoms with Crippen LogP contribution in [0, 0.1) is 0 Å². The maximum Gasteiger partial charge on any atom is 0.407 e. The molecule has 178 valence electrons. The Hall–Kier alpha value is -2.62. The fourth-order valence-corrected chi connectivity index (χ4v) is 6.68. The van der Waals surface area contributed by atoms with Crippen molar-refractivity contribution in [3.63, 3.8) is 0 Å². The number of alkyl carbamates (subject to hydrolysis) is 1. The van der Waals surface area contributed by atoms with E-state index >= 15 is 0 Å². The van der Waals surface area contributed by atoms with Gasteiger partial charge in [-0.25, -0.2) is 9.59 Å². The number of alkyl halides is 1. The van der Waals surface area contributed by atoms with E-state index in [4.69, 9.17) is 9.47 Å². The molecule has 2 saturated heterocycles. The van der Waals surface area contributed by atoms with Crippen LogP contribution in [-0.2, 0) is 19.1 Å². The summed E-state index contributed by atoms with van der Waals surface area (Å²) in [6, 6.07) is 15.0. The molecule has 3 aliphatic rings. The van der Waals surface area contributed by atoms with E-state index in [-0.39, 0.29) is 28.4 Å². The molecule has 8 heteroatoms. The van der Waals surface area contributed by atoms with Crippen molar-refractivity contribution in [2.24, 2.45) is 0 Å². The van der Waals surface area contributed by atoms with Gasteiger partial charge in [0.1, 0.15) is 18.7 Å². The van der Waals surface area contributed by atoms with E-state index in [1.165, 1.54) is 7.11 Å². The molecule has 1 N–H and O–H groups in total. The summed E-state index contributed by atoms with van der Waals surface area (Å²) in [5, 5.41) is 2.78. The van der Waals surface area contributed by atoms with Crippen molar-refractivity contribution in [1.29, 1.82) is 0 Å². The predicted octanol–water partition coefficient (Wildman–Crippen LogP) is 4.02. The van der Waals surface area contributed by atoms with Crippen LogP contribution < -0.4 is 5.32 Å². The minimum atomic E-state index is -0.719. The summed E-state index contributed by atoms with van der Waals surface area (Å²) in [5.74, 6) is -0.680. The van der Waals surface area contributed by atoms with Crippen molar-refractivity contribution < 1.29 is 23.9 Å². The highest BCUT2D eigenvalue weighted by atomic mass is 127. The van der Waals surface area contributed by atoms with Crippen molar-refractivity contribution in [3.8, 4) is 11.1 Å². The number of fused-ring (bicyclic) bond motifs is 4. The SMILES string of the molecule is COC(=O)[C@@H]1CC[C@H]2[C@H](I)CC[C@H](NC(=O)OCC3c4ccccc4-c4ccccc43)C(=O)N12. The lowest BCUT2D eigenvalue weighted by Gasteiger charge is -2.31. The zero-order chi connectivity index (χ0) is 23.8. The highest BCUT2D eigenvalue weighted by molar-refractivity contribution is 14.1. The average Bonchev–Trinajstić information content (AvgIpc) is 3.41. The maximum atomic E-state index is 13.4. The van der Waals surface area contributed by atoms with Crippen molar-refractivity contribution in [3.05, 3.63) is 59.7 Å². The van der Waals surface area contributed by atoms with Gasteiger partial charge in [-0.15, -0.1) is 0 Å². The lowest BCUT2D eigenvalue weighted by molar-refractivity contribution is -0.152. The Morgan fingerprint density at radius 2 is 1.65 bits per heavy atom. The molecule has 2 fully saturated rings. The van der Waals surface area contributed by atoms with Crippen LogP contribution in [0.1, 0.15) is 42.7 Å². The van der Waals surface area contributed by atoms with Crippen molar-refractivity contribution in [1.82, 2.24) is 10.2 Å². The van der Waals surface area contributed by atoms with Crippen LogP contribution in [0.25, 0.3) is 11.1 Å². The topological polar surface area (TPSA) is 84.9 Å². The number of rotatable bonds is 4. The molecule has 2 aromatic carbocycles. The van der Waals surface area contributed by atoms with Crippen LogP contribution in [0.5, 0.6) is 0 Å². The number of methoxy groups -OCH3 is 1. The third kappa shape index (κ3) is 4.06. The number of carbonyl (C=O) groups is 3. The molecule has 1 aliphatic carbocycles. The van der Waals surface area contributed by atoms with Gasteiger partial charge in [0.15, 0.2) is 0 Å². The number of ether oxygens (including phenoxy) is 2. The Balaban J connectivity index is 1.28. The Morgan fingerprint density at radius 3 is 2.29 bits per heavy atom. The van der Waals surface area contributed by atoms with Crippen molar-refractivity contribution in [2.75, 3.05) is 13.7 Å². The minimum absolute atomic E-state index is 0.0217. The highest BCUT2D eigenvalue weighted by Gasteiger charge is 2.48. The molecule has 7 nitrogen and oxygen atoms in total. The van der Waals surface area contributed by atoms with Gasteiger partial charge in [-0.2, -0.15) is 0 Å². The van der Waals surface area contributed by atoms with Crippen molar-refractivity contribution in [2.45, 2.75) is 53.7 Å². The second kappa shape index (κ2) is 9.56. The van der Waals surface area contributed by atoms with E-state index in [0.29, 0.717) is 12.8 Å². The van der Waals surface area contributed by atoms with Gasteiger partial charge in [-0.1, -0.05) is 71.1 Å². The fraction of sp³-hybridized carbons (Fsp3) is 0.423.